The van der Waals surface area contributed by atoms with Crippen LogP contribution >= 0.6 is 11.6 Å². The maximum Gasteiger partial charge on any atom is 0.142 e. The van der Waals surface area contributed by atoms with Crippen LogP contribution in [0.5, 0.6) is 0 Å². The summed E-state index contributed by atoms with van der Waals surface area (Å²) in [6.45, 7) is 5.23. The van der Waals surface area contributed by atoms with Crippen molar-refractivity contribution in [3.8, 4) is 0 Å². The molecule has 0 unspecified atom stereocenters. The van der Waals surface area contributed by atoms with E-state index in [1.54, 1.807) is 6.07 Å². The first-order chi connectivity index (χ1) is 8.09. The predicted molar refractivity (Wildman–Crippen MR) is 72.0 cm³/mol. The summed E-state index contributed by atoms with van der Waals surface area (Å²) in [6.07, 6.45) is 5.91. The van der Waals surface area contributed by atoms with Crippen LogP contribution in [-0.4, -0.2) is 12.6 Å². The van der Waals surface area contributed by atoms with Crippen molar-refractivity contribution in [3.63, 3.8) is 0 Å². The lowest BCUT2D eigenvalue weighted by Gasteiger charge is -2.04. The molecule has 0 fully saturated rings. The Morgan fingerprint density at radius 3 is 2.76 bits per heavy atom. The van der Waals surface area contributed by atoms with Gasteiger partial charge in [0.2, 0.25) is 0 Å². The molecule has 3 heteroatoms. The van der Waals surface area contributed by atoms with Crippen LogP contribution in [0.15, 0.2) is 30.4 Å². The minimum Gasteiger partial charge on any atom is -0.314 e. The minimum absolute atomic E-state index is 0.180. The molecule has 0 aromatic heterocycles. The number of nitrogens with one attached hydrogen (secondary N) is 1. The number of rotatable bonds is 6. The number of benzene rings is 1. The van der Waals surface area contributed by atoms with Gasteiger partial charge in [-0.3, -0.25) is 0 Å². The highest BCUT2D eigenvalue weighted by atomic mass is 35.5. The van der Waals surface area contributed by atoms with E-state index in [0.29, 0.717) is 6.04 Å². The molecule has 0 saturated heterocycles. The van der Waals surface area contributed by atoms with Crippen LogP contribution in [0.2, 0.25) is 5.02 Å². The van der Waals surface area contributed by atoms with Gasteiger partial charge in [0.25, 0.3) is 0 Å². The van der Waals surface area contributed by atoms with Crippen molar-refractivity contribution in [2.45, 2.75) is 32.7 Å². The third kappa shape index (κ3) is 5.85. The van der Waals surface area contributed by atoms with Gasteiger partial charge in [0.05, 0.1) is 5.02 Å². The van der Waals surface area contributed by atoms with E-state index in [1.165, 1.54) is 6.07 Å². The monoisotopic (exact) mass is 255 g/mol. The van der Waals surface area contributed by atoms with E-state index in [-0.39, 0.29) is 10.8 Å². The molecule has 0 saturated carbocycles. The van der Waals surface area contributed by atoms with Gasteiger partial charge in [0, 0.05) is 6.04 Å². The number of hydrogen-bond acceptors (Lipinski definition) is 1. The molecule has 0 aliphatic heterocycles. The molecule has 0 spiro atoms. The van der Waals surface area contributed by atoms with E-state index >= 15 is 0 Å². The predicted octanol–water partition coefficient (Wildman–Crippen LogP) is 3.97. The zero-order valence-corrected chi connectivity index (χ0v) is 11.1. The summed E-state index contributed by atoms with van der Waals surface area (Å²) in [4.78, 5) is 0. The van der Waals surface area contributed by atoms with E-state index in [2.05, 4.69) is 31.3 Å². The molecule has 0 amide bonds. The molecule has 0 aliphatic carbocycles. The van der Waals surface area contributed by atoms with Gasteiger partial charge in [-0.15, -0.1) is 0 Å². The standard InChI is InChI=1S/C14H19ClFN/c1-11(2)17-9-5-3-4-6-12-7-8-13(15)14(16)10-12/h3-4,7-8,10-11,17H,5-6,9H2,1-2H3/b4-3+. The average Bonchev–Trinajstić information content (AvgIpc) is 2.27. The summed E-state index contributed by atoms with van der Waals surface area (Å²) in [6, 6.07) is 5.45. The Balaban J connectivity index is 2.30. The zero-order chi connectivity index (χ0) is 12.7. The molecule has 17 heavy (non-hydrogen) atoms. The largest absolute Gasteiger partial charge is 0.314 e. The first kappa shape index (κ1) is 14.2. The quantitative estimate of drug-likeness (QED) is 0.599. The maximum atomic E-state index is 13.1. The molecule has 0 radical (unpaired) electrons. The fraction of sp³-hybridized carbons (Fsp3) is 0.429. The molecule has 0 heterocycles. The SMILES string of the molecule is CC(C)NCC/C=C/Cc1ccc(Cl)c(F)c1. The zero-order valence-electron chi connectivity index (χ0n) is 10.3. The lowest BCUT2D eigenvalue weighted by atomic mass is 10.1. The second-order valence-corrected chi connectivity index (χ2v) is 4.73. The smallest absolute Gasteiger partial charge is 0.142 e. The lowest BCUT2D eigenvalue weighted by molar-refractivity contribution is 0.594. The van der Waals surface area contributed by atoms with Gasteiger partial charge in [0.15, 0.2) is 0 Å². The Kier molecular flexibility index (Phi) is 6.23. The Labute approximate surface area is 108 Å². The fourth-order valence-electron chi connectivity index (χ4n) is 1.46. The van der Waals surface area contributed by atoms with Gasteiger partial charge in [-0.25, -0.2) is 4.39 Å². The van der Waals surface area contributed by atoms with Crippen LogP contribution in [0.1, 0.15) is 25.8 Å². The van der Waals surface area contributed by atoms with Gasteiger partial charge in [-0.2, -0.15) is 0 Å². The first-order valence-corrected chi connectivity index (χ1v) is 6.29. The van der Waals surface area contributed by atoms with Crippen LogP contribution in [0.4, 0.5) is 4.39 Å². The molecule has 1 aromatic carbocycles. The van der Waals surface area contributed by atoms with E-state index in [0.717, 1.165) is 24.9 Å². The summed E-state index contributed by atoms with van der Waals surface area (Å²) in [5.74, 6) is -0.348. The van der Waals surface area contributed by atoms with Crippen molar-refractivity contribution in [1.82, 2.24) is 5.32 Å². The van der Waals surface area contributed by atoms with Crippen LogP contribution in [0, 0.1) is 5.82 Å². The summed E-state index contributed by atoms with van der Waals surface area (Å²) >= 11 is 5.61. The first-order valence-electron chi connectivity index (χ1n) is 5.92. The van der Waals surface area contributed by atoms with Gasteiger partial charge in [-0.05, 0) is 37.1 Å². The molecule has 1 aromatic rings. The Hall–Kier alpha value is -0.860. The summed E-state index contributed by atoms with van der Waals surface area (Å²) < 4.78 is 13.1. The van der Waals surface area contributed by atoms with Crippen LogP contribution < -0.4 is 5.32 Å². The highest BCUT2D eigenvalue weighted by Gasteiger charge is 1.99. The van der Waals surface area contributed by atoms with Crippen LogP contribution in [-0.2, 0) is 6.42 Å². The molecule has 0 aliphatic rings. The number of hydrogen-bond donors (Lipinski definition) is 1. The number of allylic oxidation sites excluding steroid dienone is 1. The number of halogens is 2. The second kappa shape index (κ2) is 7.46. The van der Waals surface area contributed by atoms with E-state index in [9.17, 15) is 4.39 Å². The van der Waals surface area contributed by atoms with E-state index in [1.807, 2.05) is 6.07 Å². The molecular formula is C14H19ClFN. The van der Waals surface area contributed by atoms with Gasteiger partial charge < -0.3 is 5.32 Å². The van der Waals surface area contributed by atoms with E-state index < -0.39 is 0 Å². The van der Waals surface area contributed by atoms with Crippen LogP contribution in [0.25, 0.3) is 0 Å². The Bertz CT molecular complexity index is 374. The Morgan fingerprint density at radius 1 is 1.35 bits per heavy atom. The van der Waals surface area contributed by atoms with Crippen molar-refractivity contribution in [2.75, 3.05) is 6.54 Å². The van der Waals surface area contributed by atoms with Crippen molar-refractivity contribution < 1.29 is 4.39 Å². The second-order valence-electron chi connectivity index (χ2n) is 4.32. The summed E-state index contributed by atoms with van der Waals surface area (Å²) in [5, 5.41) is 3.51. The molecule has 94 valence electrons. The van der Waals surface area contributed by atoms with Gasteiger partial charge in [-0.1, -0.05) is 43.7 Å². The molecular weight excluding hydrogens is 237 g/mol. The van der Waals surface area contributed by atoms with Crippen LogP contribution in [0.3, 0.4) is 0 Å². The topological polar surface area (TPSA) is 12.0 Å². The normalized spacial score (nSPS) is 11.6. The third-order valence-corrected chi connectivity index (χ3v) is 2.67. The molecule has 0 bridgehead atoms. The molecule has 1 N–H and O–H groups in total. The van der Waals surface area contributed by atoms with Crippen molar-refractivity contribution >= 4 is 11.6 Å². The van der Waals surface area contributed by atoms with Gasteiger partial charge in [0.1, 0.15) is 5.82 Å². The van der Waals surface area contributed by atoms with Crippen molar-refractivity contribution in [1.29, 1.82) is 0 Å². The van der Waals surface area contributed by atoms with E-state index in [4.69, 9.17) is 11.6 Å². The lowest BCUT2D eigenvalue weighted by Crippen LogP contribution is -2.23. The van der Waals surface area contributed by atoms with Crippen molar-refractivity contribution in [2.24, 2.45) is 0 Å². The highest BCUT2D eigenvalue weighted by Crippen LogP contribution is 2.15. The minimum atomic E-state index is -0.348. The Morgan fingerprint density at radius 2 is 2.12 bits per heavy atom. The van der Waals surface area contributed by atoms with Gasteiger partial charge >= 0.3 is 0 Å². The summed E-state index contributed by atoms with van der Waals surface area (Å²) in [5.41, 5.74) is 0.944. The highest BCUT2D eigenvalue weighted by molar-refractivity contribution is 6.30. The average molecular weight is 256 g/mol. The summed E-state index contributed by atoms with van der Waals surface area (Å²) in [7, 11) is 0. The molecule has 0 atom stereocenters. The molecule has 1 nitrogen and oxygen atoms in total. The third-order valence-electron chi connectivity index (χ3n) is 2.37. The fourth-order valence-corrected chi connectivity index (χ4v) is 1.58. The van der Waals surface area contributed by atoms with Crippen molar-refractivity contribution in [3.05, 3.63) is 46.8 Å². The molecule has 1 rings (SSSR count). The maximum absolute atomic E-state index is 13.1.